The zero-order chi connectivity index (χ0) is 18.1. The summed E-state index contributed by atoms with van der Waals surface area (Å²) in [5, 5.41) is 3.04. The van der Waals surface area contributed by atoms with Gasteiger partial charge in [-0.1, -0.05) is 19.9 Å². The van der Waals surface area contributed by atoms with Gasteiger partial charge >= 0.3 is 0 Å². The number of amides is 1. The first-order valence-electron chi connectivity index (χ1n) is 8.22. The van der Waals surface area contributed by atoms with Gasteiger partial charge in [-0.3, -0.25) is 4.79 Å². The van der Waals surface area contributed by atoms with Crippen molar-refractivity contribution in [2.24, 2.45) is 11.1 Å². The Morgan fingerprint density at radius 1 is 1.48 bits per heavy atom. The maximum Gasteiger partial charge on any atom is 0.241 e. The summed E-state index contributed by atoms with van der Waals surface area (Å²) in [5.74, 6) is 0.621. The zero-order valence-corrected chi connectivity index (χ0v) is 17.8. The van der Waals surface area contributed by atoms with E-state index in [4.69, 9.17) is 15.2 Å². The van der Waals surface area contributed by atoms with Crippen LogP contribution < -0.4 is 15.8 Å². The first-order valence-corrected chi connectivity index (χ1v) is 9.01. The van der Waals surface area contributed by atoms with E-state index in [9.17, 15) is 4.79 Å². The highest BCUT2D eigenvalue weighted by atomic mass is 79.9. The molecule has 3 unspecified atom stereocenters. The standard InChI is InChI=1S/C18H27BrN2O3.ClH/c1-6-24-15-10-18(20,17(15,3)4)16(22)21-11(2)12-7-8-14(23-5)13(19)9-12;/h7-9,11,15H,6,10,20H2,1-5H3,(H,21,22);1H. The van der Waals surface area contributed by atoms with Crippen molar-refractivity contribution in [1.82, 2.24) is 5.32 Å². The van der Waals surface area contributed by atoms with Gasteiger partial charge in [-0.2, -0.15) is 0 Å². The molecule has 0 spiro atoms. The van der Waals surface area contributed by atoms with Gasteiger partial charge in [0.05, 0.1) is 23.7 Å². The highest BCUT2D eigenvalue weighted by Gasteiger charge is 2.62. The fraction of sp³-hybridized carbons (Fsp3) is 0.611. The van der Waals surface area contributed by atoms with Crippen LogP contribution in [0.5, 0.6) is 5.75 Å². The lowest BCUT2D eigenvalue weighted by molar-refractivity contribution is -0.171. The minimum atomic E-state index is -0.912. The number of nitrogens with two attached hydrogens (primary N) is 1. The number of halogens is 2. The molecule has 0 aliphatic heterocycles. The molecular formula is C18H28BrClN2O3. The third-order valence-electron chi connectivity index (χ3n) is 5.26. The SMILES string of the molecule is CCOC1CC(N)(C(=O)NC(C)c2ccc(OC)c(Br)c2)C1(C)C.Cl. The molecule has 1 amide bonds. The Bertz CT molecular complexity index is 626. The van der Waals surface area contributed by atoms with Gasteiger partial charge < -0.3 is 20.5 Å². The minimum absolute atomic E-state index is 0. The molecule has 0 aromatic heterocycles. The van der Waals surface area contributed by atoms with Crippen molar-refractivity contribution in [3.05, 3.63) is 28.2 Å². The average Bonchev–Trinajstić information content (AvgIpc) is 2.54. The highest BCUT2D eigenvalue weighted by Crippen LogP contribution is 2.50. The van der Waals surface area contributed by atoms with Crippen molar-refractivity contribution in [3.8, 4) is 5.75 Å². The summed E-state index contributed by atoms with van der Waals surface area (Å²) in [4.78, 5) is 12.8. The molecule has 2 rings (SSSR count). The average molecular weight is 436 g/mol. The van der Waals surface area contributed by atoms with Crippen LogP contribution in [0, 0.1) is 5.41 Å². The van der Waals surface area contributed by atoms with Gasteiger partial charge in [0.2, 0.25) is 5.91 Å². The van der Waals surface area contributed by atoms with E-state index in [0.717, 1.165) is 15.8 Å². The molecule has 0 radical (unpaired) electrons. The van der Waals surface area contributed by atoms with Gasteiger partial charge in [-0.25, -0.2) is 0 Å². The summed E-state index contributed by atoms with van der Waals surface area (Å²) >= 11 is 3.47. The maximum atomic E-state index is 12.8. The fourth-order valence-corrected chi connectivity index (χ4v) is 3.74. The Hall–Kier alpha value is -0.820. The van der Waals surface area contributed by atoms with Gasteiger partial charge in [0.1, 0.15) is 11.3 Å². The summed E-state index contributed by atoms with van der Waals surface area (Å²) in [7, 11) is 1.62. The predicted molar refractivity (Wildman–Crippen MR) is 105 cm³/mol. The number of rotatable bonds is 6. The number of hydrogen-bond acceptors (Lipinski definition) is 4. The third kappa shape index (κ3) is 3.97. The number of methoxy groups -OCH3 is 1. The van der Waals surface area contributed by atoms with E-state index in [-0.39, 0.29) is 30.5 Å². The molecule has 0 bridgehead atoms. The first-order chi connectivity index (χ1) is 11.2. The Morgan fingerprint density at radius 2 is 2.12 bits per heavy atom. The second kappa shape index (κ2) is 8.25. The van der Waals surface area contributed by atoms with Gasteiger partial charge in [-0.15, -0.1) is 12.4 Å². The van der Waals surface area contributed by atoms with E-state index in [1.807, 2.05) is 45.9 Å². The molecule has 1 aliphatic rings. The van der Waals surface area contributed by atoms with Crippen LogP contribution in [0.4, 0.5) is 0 Å². The lowest BCUT2D eigenvalue weighted by Gasteiger charge is -2.57. The summed E-state index contributed by atoms with van der Waals surface area (Å²) in [6.07, 6.45) is 0.558. The Kier molecular flexibility index (Phi) is 7.33. The van der Waals surface area contributed by atoms with Crippen LogP contribution in [-0.4, -0.2) is 31.3 Å². The molecule has 1 aromatic rings. The lowest BCUT2D eigenvalue weighted by Crippen LogP contribution is -2.75. The van der Waals surface area contributed by atoms with Crippen LogP contribution >= 0.6 is 28.3 Å². The zero-order valence-electron chi connectivity index (χ0n) is 15.4. The van der Waals surface area contributed by atoms with Crippen LogP contribution in [0.1, 0.15) is 45.7 Å². The van der Waals surface area contributed by atoms with E-state index in [0.29, 0.717) is 13.0 Å². The fourth-order valence-electron chi connectivity index (χ4n) is 3.18. The van der Waals surface area contributed by atoms with Crippen molar-refractivity contribution < 1.29 is 14.3 Å². The molecule has 5 nitrogen and oxygen atoms in total. The van der Waals surface area contributed by atoms with Crippen molar-refractivity contribution in [1.29, 1.82) is 0 Å². The molecule has 25 heavy (non-hydrogen) atoms. The van der Waals surface area contributed by atoms with Gasteiger partial charge in [0.15, 0.2) is 0 Å². The normalized spacial score (nSPS) is 25.3. The third-order valence-corrected chi connectivity index (χ3v) is 5.88. The molecule has 3 N–H and O–H groups in total. The van der Waals surface area contributed by atoms with Crippen LogP contribution in [0.15, 0.2) is 22.7 Å². The van der Waals surface area contributed by atoms with Crippen molar-refractivity contribution in [2.75, 3.05) is 13.7 Å². The molecule has 1 fully saturated rings. The number of carbonyl (C=O) groups is 1. The lowest BCUT2D eigenvalue weighted by atomic mass is 9.54. The smallest absolute Gasteiger partial charge is 0.241 e. The molecular weight excluding hydrogens is 408 g/mol. The molecule has 1 saturated carbocycles. The van der Waals surface area contributed by atoms with E-state index >= 15 is 0 Å². The summed E-state index contributed by atoms with van der Waals surface area (Å²) in [5.41, 5.74) is 6.10. The summed E-state index contributed by atoms with van der Waals surface area (Å²) in [6, 6.07) is 5.61. The number of benzene rings is 1. The van der Waals surface area contributed by atoms with Gasteiger partial charge in [0, 0.05) is 18.4 Å². The Labute approximate surface area is 164 Å². The molecule has 7 heteroatoms. The Morgan fingerprint density at radius 3 is 2.60 bits per heavy atom. The van der Waals surface area contributed by atoms with Crippen LogP contribution in [-0.2, 0) is 9.53 Å². The molecule has 0 saturated heterocycles. The molecule has 1 aromatic carbocycles. The van der Waals surface area contributed by atoms with Gasteiger partial charge in [0.25, 0.3) is 0 Å². The second-order valence-corrected chi connectivity index (χ2v) is 7.78. The van der Waals surface area contributed by atoms with Crippen molar-refractivity contribution in [2.45, 2.75) is 51.8 Å². The molecule has 1 aliphatic carbocycles. The number of hydrogen-bond donors (Lipinski definition) is 2. The Balaban J connectivity index is 0.00000312. The topological polar surface area (TPSA) is 73.6 Å². The predicted octanol–water partition coefficient (Wildman–Crippen LogP) is 3.59. The van der Waals surface area contributed by atoms with Crippen molar-refractivity contribution >= 4 is 34.2 Å². The second-order valence-electron chi connectivity index (χ2n) is 6.93. The number of carbonyl (C=O) groups excluding carboxylic acids is 1. The van der Waals surface area contributed by atoms with E-state index in [2.05, 4.69) is 21.2 Å². The quantitative estimate of drug-likeness (QED) is 0.716. The first kappa shape index (κ1) is 22.2. The minimum Gasteiger partial charge on any atom is -0.496 e. The van der Waals surface area contributed by atoms with E-state index < -0.39 is 11.0 Å². The van der Waals surface area contributed by atoms with Crippen LogP contribution in [0.2, 0.25) is 0 Å². The van der Waals surface area contributed by atoms with Gasteiger partial charge in [-0.05, 0) is 47.5 Å². The maximum absolute atomic E-state index is 12.8. The molecule has 0 heterocycles. The van der Waals surface area contributed by atoms with E-state index in [1.165, 1.54) is 0 Å². The molecule has 142 valence electrons. The van der Waals surface area contributed by atoms with E-state index in [1.54, 1.807) is 7.11 Å². The largest absolute Gasteiger partial charge is 0.496 e. The molecule has 3 atom stereocenters. The number of nitrogens with one attached hydrogen (secondary N) is 1. The highest BCUT2D eigenvalue weighted by molar-refractivity contribution is 9.10. The number of ether oxygens (including phenoxy) is 2. The summed E-state index contributed by atoms with van der Waals surface area (Å²) in [6.45, 7) is 8.51. The summed E-state index contributed by atoms with van der Waals surface area (Å²) < 4.78 is 11.8. The monoisotopic (exact) mass is 434 g/mol. The van der Waals surface area contributed by atoms with Crippen molar-refractivity contribution in [3.63, 3.8) is 0 Å². The van der Waals surface area contributed by atoms with Crippen LogP contribution in [0.3, 0.4) is 0 Å². The van der Waals surface area contributed by atoms with Crippen LogP contribution in [0.25, 0.3) is 0 Å².